The number of amides is 1. The van der Waals surface area contributed by atoms with Crippen LogP contribution < -0.4 is 10.1 Å². The number of piperidine rings is 1. The molecule has 1 N–H and O–H groups in total. The summed E-state index contributed by atoms with van der Waals surface area (Å²) in [7, 11) is -2.23. The summed E-state index contributed by atoms with van der Waals surface area (Å²) in [4.78, 5) is 12.6. The maximum absolute atomic E-state index is 12.9. The number of nitrogens with zero attached hydrogens (tertiary/aromatic N) is 1. The van der Waals surface area contributed by atoms with Crippen LogP contribution in [0.1, 0.15) is 39.5 Å². The third kappa shape index (κ3) is 4.90. The molecular weight excluding hydrogens is 376 g/mol. The summed E-state index contributed by atoms with van der Waals surface area (Å²) in [5.41, 5.74) is 0. The van der Waals surface area contributed by atoms with Crippen LogP contribution in [-0.2, 0) is 14.8 Å². The number of carbonyl (C=O) groups is 1. The number of halogens is 1. The Labute approximate surface area is 160 Å². The van der Waals surface area contributed by atoms with Crippen LogP contribution in [0.15, 0.2) is 23.1 Å². The average molecular weight is 403 g/mol. The number of nitrogens with one attached hydrogen (secondary N) is 1. The lowest BCUT2D eigenvalue weighted by molar-refractivity contribution is -0.126. The lowest BCUT2D eigenvalue weighted by Gasteiger charge is -2.32. The van der Waals surface area contributed by atoms with E-state index in [0.717, 1.165) is 12.8 Å². The highest BCUT2D eigenvalue weighted by Crippen LogP contribution is 2.30. The smallest absolute Gasteiger partial charge is 0.243 e. The van der Waals surface area contributed by atoms with Crippen molar-refractivity contribution in [3.05, 3.63) is 23.2 Å². The van der Waals surface area contributed by atoms with Crippen LogP contribution in [-0.4, -0.2) is 44.9 Å². The van der Waals surface area contributed by atoms with Gasteiger partial charge in [-0.2, -0.15) is 4.31 Å². The molecule has 0 aromatic heterocycles. The summed E-state index contributed by atoms with van der Waals surface area (Å²) < 4.78 is 32.3. The number of carbonyl (C=O) groups excluding carboxylic acids is 1. The quantitative estimate of drug-likeness (QED) is 0.760. The zero-order valence-corrected chi connectivity index (χ0v) is 17.1. The highest BCUT2D eigenvalue weighted by molar-refractivity contribution is 7.89. The molecule has 1 heterocycles. The molecule has 0 spiro atoms. The Morgan fingerprint density at radius 2 is 2.19 bits per heavy atom. The Hall–Kier alpha value is -1.31. The summed E-state index contributed by atoms with van der Waals surface area (Å²) in [5, 5.41) is 3.23. The fraction of sp³-hybridized carbons (Fsp3) is 0.611. The van der Waals surface area contributed by atoms with Gasteiger partial charge >= 0.3 is 0 Å². The summed E-state index contributed by atoms with van der Waals surface area (Å²) in [6.45, 7) is 4.63. The second kappa shape index (κ2) is 9.06. The topological polar surface area (TPSA) is 75.7 Å². The van der Waals surface area contributed by atoms with E-state index in [1.54, 1.807) is 0 Å². The molecule has 6 nitrogen and oxygen atoms in total. The molecule has 26 heavy (non-hydrogen) atoms. The van der Waals surface area contributed by atoms with E-state index in [0.29, 0.717) is 25.1 Å². The number of sulfonamides is 1. The van der Waals surface area contributed by atoms with Crippen molar-refractivity contribution in [1.29, 1.82) is 0 Å². The second-order valence-electron chi connectivity index (χ2n) is 6.70. The maximum atomic E-state index is 12.9. The van der Waals surface area contributed by atoms with Gasteiger partial charge in [0.25, 0.3) is 0 Å². The molecule has 146 valence electrons. The first-order valence-electron chi connectivity index (χ1n) is 8.93. The Morgan fingerprint density at radius 3 is 2.81 bits per heavy atom. The fourth-order valence-corrected chi connectivity index (χ4v) is 5.07. The van der Waals surface area contributed by atoms with Gasteiger partial charge in [-0.3, -0.25) is 4.79 Å². The van der Waals surface area contributed by atoms with Crippen molar-refractivity contribution >= 4 is 27.5 Å². The third-order valence-corrected chi connectivity index (χ3v) is 6.78. The average Bonchev–Trinajstić information content (AvgIpc) is 2.61. The van der Waals surface area contributed by atoms with Crippen molar-refractivity contribution in [1.82, 2.24) is 9.62 Å². The predicted octanol–water partition coefficient (Wildman–Crippen LogP) is 3.05. The Bertz CT molecular complexity index is 739. The molecule has 2 atom stereocenters. The Balaban J connectivity index is 2.12. The van der Waals surface area contributed by atoms with Gasteiger partial charge in [0.05, 0.1) is 22.9 Å². The Morgan fingerprint density at radius 1 is 1.46 bits per heavy atom. The van der Waals surface area contributed by atoms with Crippen LogP contribution >= 0.6 is 11.6 Å². The molecule has 1 aromatic rings. The van der Waals surface area contributed by atoms with E-state index in [4.69, 9.17) is 16.3 Å². The van der Waals surface area contributed by atoms with E-state index in [1.807, 2.05) is 6.92 Å². The second-order valence-corrected chi connectivity index (χ2v) is 9.04. The minimum atomic E-state index is -3.70. The molecule has 2 rings (SSSR count). The van der Waals surface area contributed by atoms with Gasteiger partial charge < -0.3 is 10.1 Å². The molecule has 1 aliphatic rings. The van der Waals surface area contributed by atoms with Gasteiger partial charge in [-0.15, -0.1) is 0 Å². The first kappa shape index (κ1) is 21.0. The first-order chi connectivity index (χ1) is 12.3. The highest BCUT2D eigenvalue weighted by atomic mass is 35.5. The molecule has 0 unspecified atom stereocenters. The van der Waals surface area contributed by atoms with Gasteiger partial charge in [-0.05, 0) is 44.4 Å². The summed E-state index contributed by atoms with van der Waals surface area (Å²) in [6, 6.07) is 4.51. The van der Waals surface area contributed by atoms with Crippen LogP contribution in [0.4, 0.5) is 0 Å². The predicted molar refractivity (Wildman–Crippen MR) is 102 cm³/mol. The summed E-state index contributed by atoms with van der Waals surface area (Å²) >= 11 is 6.07. The number of rotatable bonds is 7. The van der Waals surface area contributed by atoms with Gasteiger partial charge in [-0.25, -0.2) is 8.42 Å². The first-order valence-corrected chi connectivity index (χ1v) is 10.8. The van der Waals surface area contributed by atoms with E-state index in [2.05, 4.69) is 12.2 Å². The van der Waals surface area contributed by atoms with E-state index < -0.39 is 10.0 Å². The number of hydrogen-bond donors (Lipinski definition) is 1. The van der Waals surface area contributed by atoms with Crippen molar-refractivity contribution < 1.29 is 17.9 Å². The maximum Gasteiger partial charge on any atom is 0.243 e. The van der Waals surface area contributed by atoms with Gasteiger partial charge in [0, 0.05) is 19.1 Å². The molecule has 0 bridgehead atoms. The van der Waals surface area contributed by atoms with Crippen molar-refractivity contribution in [3.8, 4) is 5.75 Å². The number of methoxy groups -OCH3 is 1. The van der Waals surface area contributed by atoms with Crippen molar-refractivity contribution in [2.45, 2.75) is 50.5 Å². The molecule has 8 heteroatoms. The monoisotopic (exact) mass is 402 g/mol. The molecule has 1 fully saturated rings. The lowest BCUT2D eigenvalue weighted by Crippen LogP contribution is -2.47. The highest BCUT2D eigenvalue weighted by Gasteiger charge is 2.33. The molecule has 1 saturated heterocycles. The Kier molecular flexibility index (Phi) is 7.32. The van der Waals surface area contributed by atoms with Crippen LogP contribution in [0.5, 0.6) is 5.75 Å². The fourth-order valence-electron chi connectivity index (χ4n) is 3.20. The molecule has 0 radical (unpaired) electrons. The molecule has 1 aliphatic heterocycles. The number of hydrogen-bond acceptors (Lipinski definition) is 4. The minimum absolute atomic E-state index is 0.0707. The van der Waals surface area contributed by atoms with Gasteiger partial charge in [-0.1, -0.05) is 24.9 Å². The standard InChI is InChI=1S/C18H27ClN2O4S/c1-4-6-13(2)20-18(22)14-7-5-10-21(12-14)26(23,24)15-8-9-17(25-3)16(19)11-15/h8-9,11,13-14H,4-7,10,12H2,1-3H3,(H,20,22)/t13-,14+/m1/s1. The van der Waals surface area contributed by atoms with E-state index in [1.165, 1.54) is 29.6 Å². The third-order valence-electron chi connectivity index (χ3n) is 4.63. The zero-order valence-electron chi connectivity index (χ0n) is 15.5. The largest absolute Gasteiger partial charge is 0.495 e. The van der Waals surface area contributed by atoms with Crippen molar-refractivity contribution in [2.75, 3.05) is 20.2 Å². The number of ether oxygens (including phenoxy) is 1. The molecule has 0 aliphatic carbocycles. The van der Waals surface area contributed by atoms with Crippen LogP contribution in [0.3, 0.4) is 0 Å². The van der Waals surface area contributed by atoms with Gasteiger partial charge in [0.15, 0.2) is 0 Å². The minimum Gasteiger partial charge on any atom is -0.495 e. The van der Waals surface area contributed by atoms with Gasteiger partial charge in [0.1, 0.15) is 5.75 Å². The van der Waals surface area contributed by atoms with E-state index in [9.17, 15) is 13.2 Å². The number of benzene rings is 1. The summed E-state index contributed by atoms with van der Waals surface area (Å²) in [6.07, 6.45) is 3.25. The normalized spacial score (nSPS) is 19.8. The molecular formula is C18H27ClN2O4S. The van der Waals surface area contributed by atoms with Crippen LogP contribution in [0, 0.1) is 5.92 Å². The molecule has 0 saturated carbocycles. The zero-order chi connectivity index (χ0) is 19.3. The van der Waals surface area contributed by atoms with Gasteiger partial charge in [0.2, 0.25) is 15.9 Å². The molecule has 1 amide bonds. The van der Waals surface area contributed by atoms with Crippen LogP contribution in [0.25, 0.3) is 0 Å². The van der Waals surface area contributed by atoms with E-state index in [-0.39, 0.29) is 34.3 Å². The van der Waals surface area contributed by atoms with E-state index >= 15 is 0 Å². The molecule has 1 aromatic carbocycles. The van der Waals surface area contributed by atoms with Crippen molar-refractivity contribution in [2.24, 2.45) is 5.92 Å². The van der Waals surface area contributed by atoms with Crippen molar-refractivity contribution in [3.63, 3.8) is 0 Å². The SMILES string of the molecule is CCC[C@@H](C)NC(=O)[C@H]1CCCN(S(=O)(=O)c2ccc(OC)c(Cl)c2)C1. The lowest BCUT2D eigenvalue weighted by atomic mass is 9.98. The summed E-state index contributed by atoms with van der Waals surface area (Å²) in [5.74, 6) is 0.0246. The van der Waals surface area contributed by atoms with Crippen LogP contribution in [0.2, 0.25) is 5.02 Å².